The first kappa shape index (κ1) is 16.7. The Morgan fingerprint density at radius 2 is 1.48 bits per heavy atom. The van der Waals surface area contributed by atoms with E-state index in [1.807, 2.05) is 37.3 Å². The summed E-state index contributed by atoms with van der Waals surface area (Å²) in [6.45, 7) is 1.93. The molecule has 3 aromatic rings. The summed E-state index contributed by atoms with van der Waals surface area (Å²) in [5.74, 6) is -1.14. The number of benzene rings is 3. The van der Waals surface area contributed by atoms with Gasteiger partial charge in [0.1, 0.15) is 0 Å². The van der Waals surface area contributed by atoms with Crippen LogP contribution in [-0.2, 0) is 0 Å². The lowest BCUT2D eigenvalue weighted by atomic mass is 10.1. The van der Waals surface area contributed by atoms with Crippen LogP contribution in [0.5, 0.6) is 0 Å². The Hall–Kier alpha value is -3.73. The van der Waals surface area contributed by atoms with Crippen molar-refractivity contribution >= 4 is 29.1 Å². The van der Waals surface area contributed by atoms with E-state index in [0.717, 1.165) is 10.5 Å². The maximum Gasteiger partial charge on any atom is 0.266 e. The zero-order valence-corrected chi connectivity index (χ0v) is 14.6. The van der Waals surface area contributed by atoms with Crippen molar-refractivity contribution in [2.75, 3.05) is 10.2 Å². The van der Waals surface area contributed by atoms with Crippen LogP contribution in [0, 0.1) is 6.92 Å². The summed E-state index contributed by atoms with van der Waals surface area (Å²) in [6, 6.07) is 20.8. The molecule has 0 bridgehead atoms. The highest BCUT2D eigenvalue weighted by molar-refractivity contribution is 6.34. The van der Waals surface area contributed by atoms with Gasteiger partial charge in [-0.3, -0.25) is 14.4 Å². The maximum absolute atomic E-state index is 12.8. The van der Waals surface area contributed by atoms with Gasteiger partial charge >= 0.3 is 0 Å². The summed E-state index contributed by atoms with van der Waals surface area (Å²) < 4.78 is 0. The first-order valence-corrected chi connectivity index (χ1v) is 8.50. The molecular weight excluding hydrogens is 340 g/mol. The summed E-state index contributed by atoms with van der Waals surface area (Å²) in [5.41, 5.74) is 3.08. The van der Waals surface area contributed by atoms with E-state index in [1.165, 1.54) is 12.1 Å². The average Bonchev–Trinajstić information content (AvgIpc) is 2.93. The van der Waals surface area contributed by atoms with Crippen LogP contribution in [0.1, 0.15) is 36.6 Å². The summed E-state index contributed by atoms with van der Waals surface area (Å²) in [7, 11) is 0. The van der Waals surface area contributed by atoms with Gasteiger partial charge in [-0.15, -0.1) is 0 Å². The number of rotatable bonds is 3. The largest absolute Gasteiger partial charge is 0.322 e. The fourth-order valence-electron chi connectivity index (χ4n) is 3.04. The lowest BCUT2D eigenvalue weighted by molar-refractivity contribution is 0.0925. The minimum Gasteiger partial charge on any atom is -0.322 e. The molecule has 0 spiro atoms. The van der Waals surface area contributed by atoms with Crippen molar-refractivity contribution < 1.29 is 14.4 Å². The molecule has 1 aliphatic rings. The van der Waals surface area contributed by atoms with Gasteiger partial charge in [-0.05, 0) is 49.4 Å². The second-order valence-electron chi connectivity index (χ2n) is 6.36. The third-order valence-electron chi connectivity index (χ3n) is 4.47. The summed E-state index contributed by atoms with van der Waals surface area (Å²) in [4.78, 5) is 39.1. The number of nitrogens with zero attached hydrogens (tertiary/aromatic N) is 1. The lowest BCUT2D eigenvalue weighted by Gasteiger charge is -2.13. The fourth-order valence-corrected chi connectivity index (χ4v) is 3.04. The van der Waals surface area contributed by atoms with Crippen molar-refractivity contribution in [2.24, 2.45) is 0 Å². The molecular formula is C22H16N2O3. The third-order valence-corrected chi connectivity index (χ3v) is 4.47. The minimum atomic E-state index is -0.423. The van der Waals surface area contributed by atoms with Crippen LogP contribution in [0.4, 0.5) is 11.4 Å². The van der Waals surface area contributed by atoms with E-state index in [1.54, 1.807) is 30.3 Å². The number of hydrogen-bond donors (Lipinski definition) is 1. The molecule has 1 N–H and O–H groups in total. The normalized spacial score (nSPS) is 12.9. The number of nitrogens with one attached hydrogen (secondary N) is 1. The standard InChI is InChI=1S/C22H16N2O3/c1-14-7-10-17(11-8-14)24-21(26)18-12-9-15(13-19(18)22(24)27)20(25)23-16-5-3-2-4-6-16/h2-13H,1H3,(H,23,25). The Morgan fingerprint density at radius 1 is 0.815 bits per heavy atom. The van der Waals surface area contributed by atoms with Gasteiger partial charge in [0.25, 0.3) is 17.7 Å². The van der Waals surface area contributed by atoms with Gasteiger partial charge in [0.05, 0.1) is 16.8 Å². The first-order chi connectivity index (χ1) is 13.0. The molecule has 4 rings (SSSR count). The van der Waals surface area contributed by atoms with E-state index in [9.17, 15) is 14.4 Å². The Bertz CT molecular complexity index is 1060. The number of fused-ring (bicyclic) bond motifs is 1. The van der Waals surface area contributed by atoms with Crippen LogP contribution >= 0.6 is 0 Å². The summed E-state index contributed by atoms with van der Waals surface area (Å²) in [5, 5.41) is 2.78. The molecule has 0 atom stereocenters. The second-order valence-corrected chi connectivity index (χ2v) is 6.36. The first-order valence-electron chi connectivity index (χ1n) is 8.50. The Kier molecular flexibility index (Phi) is 4.05. The van der Waals surface area contributed by atoms with Crippen LogP contribution in [0.2, 0.25) is 0 Å². The smallest absolute Gasteiger partial charge is 0.266 e. The lowest BCUT2D eigenvalue weighted by Crippen LogP contribution is -2.29. The zero-order valence-electron chi connectivity index (χ0n) is 14.6. The molecule has 0 radical (unpaired) electrons. The highest BCUT2D eigenvalue weighted by atomic mass is 16.2. The Morgan fingerprint density at radius 3 is 2.19 bits per heavy atom. The molecule has 0 unspecified atom stereocenters. The van der Waals surface area contributed by atoms with Crippen molar-refractivity contribution in [1.82, 2.24) is 0 Å². The van der Waals surface area contributed by atoms with E-state index in [-0.39, 0.29) is 17.4 Å². The van der Waals surface area contributed by atoms with Gasteiger partial charge < -0.3 is 5.32 Å². The van der Waals surface area contributed by atoms with E-state index in [4.69, 9.17) is 0 Å². The van der Waals surface area contributed by atoms with Crippen LogP contribution < -0.4 is 10.2 Å². The molecule has 0 aliphatic carbocycles. The molecule has 3 amide bonds. The Balaban J connectivity index is 1.64. The number of carbonyl (C=O) groups excluding carboxylic acids is 3. The third kappa shape index (κ3) is 3.00. The number of amides is 3. The molecule has 5 heteroatoms. The van der Waals surface area contributed by atoms with Crippen molar-refractivity contribution in [3.63, 3.8) is 0 Å². The molecule has 0 fully saturated rings. The van der Waals surface area contributed by atoms with Crippen molar-refractivity contribution in [3.05, 3.63) is 95.1 Å². The molecule has 132 valence electrons. The molecule has 0 aromatic heterocycles. The number of imide groups is 1. The topological polar surface area (TPSA) is 66.5 Å². The van der Waals surface area contributed by atoms with Gasteiger partial charge in [0, 0.05) is 11.3 Å². The van der Waals surface area contributed by atoms with Gasteiger partial charge in [-0.2, -0.15) is 0 Å². The molecule has 0 saturated heterocycles. The van der Waals surface area contributed by atoms with Gasteiger partial charge in [0.15, 0.2) is 0 Å². The highest BCUT2D eigenvalue weighted by Crippen LogP contribution is 2.29. The number of para-hydroxylation sites is 1. The number of hydrogen-bond acceptors (Lipinski definition) is 3. The minimum absolute atomic E-state index is 0.237. The van der Waals surface area contributed by atoms with E-state index in [0.29, 0.717) is 22.5 Å². The Labute approximate surface area is 156 Å². The van der Waals surface area contributed by atoms with Gasteiger partial charge in [-0.25, -0.2) is 4.90 Å². The molecule has 1 aliphatic heterocycles. The summed E-state index contributed by atoms with van der Waals surface area (Å²) in [6.07, 6.45) is 0. The average molecular weight is 356 g/mol. The van der Waals surface area contributed by atoms with Crippen molar-refractivity contribution in [2.45, 2.75) is 6.92 Å². The maximum atomic E-state index is 12.8. The highest BCUT2D eigenvalue weighted by Gasteiger charge is 2.37. The van der Waals surface area contributed by atoms with Crippen molar-refractivity contribution in [3.8, 4) is 0 Å². The molecule has 27 heavy (non-hydrogen) atoms. The number of anilines is 2. The van der Waals surface area contributed by atoms with Crippen LogP contribution in [0.3, 0.4) is 0 Å². The van der Waals surface area contributed by atoms with Gasteiger partial charge in [-0.1, -0.05) is 35.9 Å². The van der Waals surface area contributed by atoms with E-state index >= 15 is 0 Å². The number of carbonyl (C=O) groups is 3. The molecule has 1 heterocycles. The SMILES string of the molecule is Cc1ccc(N2C(=O)c3ccc(C(=O)Nc4ccccc4)cc3C2=O)cc1. The van der Waals surface area contributed by atoms with Crippen LogP contribution in [0.25, 0.3) is 0 Å². The van der Waals surface area contributed by atoms with Gasteiger partial charge in [0.2, 0.25) is 0 Å². The fraction of sp³-hybridized carbons (Fsp3) is 0.0455. The van der Waals surface area contributed by atoms with Crippen LogP contribution in [-0.4, -0.2) is 17.7 Å². The molecule has 5 nitrogen and oxygen atoms in total. The summed E-state index contributed by atoms with van der Waals surface area (Å²) >= 11 is 0. The monoisotopic (exact) mass is 356 g/mol. The van der Waals surface area contributed by atoms with Crippen LogP contribution in [0.15, 0.2) is 72.8 Å². The predicted octanol–water partition coefficient (Wildman–Crippen LogP) is 4.05. The number of aryl methyl sites for hydroxylation is 1. The zero-order chi connectivity index (χ0) is 19.0. The predicted molar refractivity (Wildman–Crippen MR) is 103 cm³/mol. The van der Waals surface area contributed by atoms with E-state index < -0.39 is 5.91 Å². The molecule has 0 saturated carbocycles. The van der Waals surface area contributed by atoms with Crippen molar-refractivity contribution in [1.29, 1.82) is 0 Å². The molecule has 3 aromatic carbocycles. The quantitative estimate of drug-likeness (QED) is 0.720. The van der Waals surface area contributed by atoms with E-state index in [2.05, 4.69) is 5.32 Å². The second kappa shape index (κ2) is 6.53.